The van der Waals surface area contributed by atoms with Gasteiger partial charge in [-0.2, -0.15) is 0 Å². The summed E-state index contributed by atoms with van der Waals surface area (Å²) in [6.45, 7) is 6.15. The maximum absolute atomic E-state index is 11.6. The summed E-state index contributed by atoms with van der Waals surface area (Å²) in [5.41, 5.74) is 0.716. The monoisotopic (exact) mass is 486 g/mol. The Morgan fingerprint density at radius 2 is 1.81 bits per heavy atom. The minimum atomic E-state index is -4.75. The van der Waals surface area contributed by atoms with Crippen LogP contribution in [0.3, 0.4) is 0 Å². The third kappa shape index (κ3) is 4.97. The van der Waals surface area contributed by atoms with Crippen molar-refractivity contribution < 1.29 is 91.3 Å². The predicted molar refractivity (Wildman–Crippen MR) is 105 cm³/mol. The van der Waals surface area contributed by atoms with Crippen LogP contribution in [0.1, 0.15) is 65.7 Å². The van der Waals surface area contributed by atoms with Crippen LogP contribution in [0.2, 0.25) is 0 Å². The van der Waals surface area contributed by atoms with Crippen LogP contribution in [0.25, 0.3) is 0 Å². The van der Waals surface area contributed by atoms with Crippen LogP contribution >= 0.6 is 0 Å². The standard InChI is InChI=1S/C22H34O7S.2Na/c1-12(20(24)25)15-4-5-16-19-17(7-9-22(15,16)3)21(2)8-6-14(29-30(26,27)28)10-13(21)11-18(19)23;;/h11-12,14-19,23H,4-10H2,1-3H3,(H,24,25)(H,26,27,28);;/q;2*+1/p-2/t12-,14-,15+,16-,17-,18-,19-,21-,22+;;/m0../s1. The zero-order chi connectivity index (χ0) is 22.1. The van der Waals surface area contributed by atoms with Crippen molar-refractivity contribution in [2.75, 3.05) is 0 Å². The number of carbonyl (C=O) groups excluding carboxylic acids is 1. The van der Waals surface area contributed by atoms with Crippen molar-refractivity contribution in [1.29, 1.82) is 0 Å². The van der Waals surface area contributed by atoms with E-state index in [1.165, 1.54) is 0 Å². The molecule has 0 unspecified atom stereocenters. The minimum Gasteiger partial charge on any atom is -0.726 e. The molecule has 4 aliphatic carbocycles. The summed E-state index contributed by atoms with van der Waals surface area (Å²) in [5, 5.41) is 22.7. The summed E-state index contributed by atoms with van der Waals surface area (Å²) in [7, 11) is -4.75. The Morgan fingerprint density at radius 1 is 1.16 bits per heavy atom. The molecule has 0 heterocycles. The van der Waals surface area contributed by atoms with E-state index < -0.39 is 34.5 Å². The van der Waals surface area contributed by atoms with Crippen LogP contribution in [-0.4, -0.2) is 36.3 Å². The van der Waals surface area contributed by atoms with E-state index in [0.717, 1.165) is 37.7 Å². The zero-order valence-electron chi connectivity index (χ0n) is 19.9. The number of aliphatic hydroxyl groups is 1. The molecule has 3 fully saturated rings. The molecule has 3 saturated carbocycles. The van der Waals surface area contributed by atoms with Crippen molar-refractivity contribution in [2.24, 2.45) is 40.4 Å². The first-order valence-electron chi connectivity index (χ1n) is 11.1. The molecule has 4 aliphatic rings. The van der Waals surface area contributed by atoms with Crippen LogP contribution in [0.4, 0.5) is 0 Å². The van der Waals surface area contributed by atoms with E-state index in [1.807, 2.05) is 6.08 Å². The maximum atomic E-state index is 11.6. The van der Waals surface area contributed by atoms with E-state index in [9.17, 15) is 28.0 Å². The van der Waals surface area contributed by atoms with Gasteiger partial charge < -0.3 is 19.6 Å². The molecular weight excluding hydrogens is 454 g/mol. The van der Waals surface area contributed by atoms with Gasteiger partial charge in [-0.05, 0) is 85.4 Å². The number of carboxylic acids is 1. The normalized spacial score (nSPS) is 44.0. The first-order valence-corrected chi connectivity index (χ1v) is 12.4. The predicted octanol–water partition coefficient (Wildman–Crippen LogP) is -4.22. The molecule has 32 heavy (non-hydrogen) atoms. The Kier molecular flexibility index (Phi) is 9.32. The summed E-state index contributed by atoms with van der Waals surface area (Å²) in [6, 6.07) is 0. The SMILES string of the molecule is C[C@H](C(=O)[O-])[C@H]1CC[C@H]2[C@@H]3[C@@H](O)C=C4C[C@@H](OS(=O)(=O)[O-])CC[C@]4(C)[C@H]3CC[C@]12C.[Na+].[Na+]. The number of hydrogen-bond acceptors (Lipinski definition) is 7. The number of fused-ring (bicyclic) bond motifs is 5. The van der Waals surface area contributed by atoms with Gasteiger partial charge in [0.15, 0.2) is 0 Å². The molecule has 0 aromatic rings. The molecule has 0 bridgehead atoms. The fourth-order valence-corrected chi connectivity index (χ4v) is 8.39. The van der Waals surface area contributed by atoms with Crippen LogP contribution in [0, 0.1) is 40.4 Å². The molecule has 170 valence electrons. The molecule has 4 rings (SSSR count). The van der Waals surface area contributed by atoms with Gasteiger partial charge in [-0.15, -0.1) is 0 Å². The van der Waals surface area contributed by atoms with E-state index in [2.05, 4.69) is 13.8 Å². The topological polar surface area (TPSA) is 127 Å². The first kappa shape index (κ1) is 29.3. The number of hydrogen-bond donors (Lipinski definition) is 1. The molecule has 1 N–H and O–H groups in total. The van der Waals surface area contributed by atoms with Crippen molar-refractivity contribution in [2.45, 2.75) is 77.9 Å². The number of carboxylic acid groups (broad SMARTS) is 1. The van der Waals surface area contributed by atoms with E-state index in [4.69, 9.17) is 4.18 Å². The summed E-state index contributed by atoms with van der Waals surface area (Å²) < 4.78 is 37.8. The molecule has 0 amide bonds. The number of carbonyl (C=O) groups is 1. The third-order valence-corrected chi connectivity index (χ3v) is 9.89. The van der Waals surface area contributed by atoms with Crippen LogP contribution in [-0.2, 0) is 19.4 Å². The molecule has 0 radical (unpaired) electrons. The number of rotatable bonds is 4. The van der Waals surface area contributed by atoms with Crippen molar-refractivity contribution >= 4 is 16.4 Å². The van der Waals surface area contributed by atoms with Gasteiger partial charge in [-0.1, -0.05) is 32.4 Å². The smallest absolute Gasteiger partial charge is 0.726 e. The Hall–Kier alpha value is 1.04. The van der Waals surface area contributed by atoms with E-state index in [0.29, 0.717) is 12.8 Å². The second kappa shape index (κ2) is 10.2. The van der Waals surface area contributed by atoms with Gasteiger partial charge in [0.1, 0.15) is 0 Å². The average molecular weight is 487 g/mol. The Labute approximate surface area is 235 Å². The van der Waals surface area contributed by atoms with Gasteiger partial charge in [-0.3, -0.25) is 4.18 Å². The molecule has 0 aromatic carbocycles. The molecule has 10 heteroatoms. The van der Waals surface area contributed by atoms with Crippen molar-refractivity contribution in [3.05, 3.63) is 11.6 Å². The summed E-state index contributed by atoms with van der Waals surface area (Å²) in [6.07, 6.45) is 5.71. The molecular formula is C22H32Na2O7S. The van der Waals surface area contributed by atoms with Gasteiger partial charge in [0.05, 0.1) is 12.2 Å². The van der Waals surface area contributed by atoms with Crippen LogP contribution in [0.5, 0.6) is 0 Å². The number of aliphatic hydroxyl groups excluding tert-OH is 1. The summed E-state index contributed by atoms with van der Waals surface area (Å²) in [4.78, 5) is 11.6. The van der Waals surface area contributed by atoms with Crippen LogP contribution < -0.4 is 64.2 Å². The van der Waals surface area contributed by atoms with Gasteiger partial charge in [-0.25, -0.2) is 8.42 Å². The van der Waals surface area contributed by atoms with Gasteiger partial charge >= 0.3 is 59.1 Å². The molecule has 0 spiro atoms. The van der Waals surface area contributed by atoms with Gasteiger partial charge in [0.25, 0.3) is 0 Å². The fraction of sp³-hybridized carbons (Fsp3) is 0.864. The van der Waals surface area contributed by atoms with E-state index >= 15 is 0 Å². The van der Waals surface area contributed by atoms with Gasteiger partial charge in [0.2, 0.25) is 10.4 Å². The second-order valence-corrected chi connectivity index (χ2v) is 11.6. The minimum absolute atomic E-state index is 0. The van der Waals surface area contributed by atoms with E-state index in [-0.39, 0.29) is 93.6 Å². The molecule has 7 nitrogen and oxygen atoms in total. The first-order chi connectivity index (χ1) is 13.9. The maximum Gasteiger partial charge on any atom is 1.00 e. The van der Waals surface area contributed by atoms with Crippen molar-refractivity contribution in [3.8, 4) is 0 Å². The van der Waals surface area contributed by atoms with E-state index in [1.54, 1.807) is 6.92 Å². The Bertz CT molecular complexity index is 862. The summed E-state index contributed by atoms with van der Waals surface area (Å²) in [5.74, 6) is -0.854. The zero-order valence-corrected chi connectivity index (χ0v) is 24.7. The Morgan fingerprint density at radius 3 is 2.41 bits per heavy atom. The molecule has 0 saturated heterocycles. The van der Waals surface area contributed by atoms with Gasteiger partial charge in [0, 0.05) is 5.97 Å². The van der Waals surface area contributed by atoms with Crippen molar-refractivity contribution in [1.82, 2.24) is 0 Å². The summed E-state index contributed by atoms with van der Waals surface area (Å²) >= 11 is 0. The van der Waals surface area contributed by atoms with Crippen LogP contribution in [0.15, 0.2) is 11.6 Å². The number of aliphatic carboxylic acids is 1. The molecule has 0 aliphatic heterocycles. The molecule has 0 aromatic heterocycles. The Balaban J connectivity index is 0.00000181. The van der Waals surface area contributed by atoms with Crippen molar-refractivity contribution in [3.63, 3.8) is 0 Å². The third-order valence-electron chi connectivity index (χ3n) is 9.39. The quantitative estimate of drug-likeness (QED) is 0.185. The average Bonchev–Trinajstić information content (AvgIpc) is 2.98. The molecule has 9 atom stereocenters. The largest absolute Gasteiger partial charge is 1.00 e. The fourth-order valence-electron chi connectivity index (χ4n) is 7.89. The second-order valence-electron chi connectivity index (χ2n) is 10.6.